The smallest absolute Gasteiger partial charge is 0.189 e. The maximum atomic E-state index is 12.5. The Morgan fingerprint density at radius 1 is 1.41 bits per heavy atom. The van der Waals surface area contributed by atoms with Gasteiger partial charge in [0, 0.05) is 17.5 Å². The molecule has 0 saturated carbocycles. The number of carbonyl (C=O) groups excluding carboxylic acids is 1. The number of Topliss-reactive ketones (excluding diaryl/α,β-unsaturated/α-hetero) is 1. The van der Waals surface area contributed by atoms with E-state index in [1.54, 1.807) is 4.68 Å². The van der Waals surface area contributed by atoms with Gasteiger partial charge in [0.25, 0.3) is 0 Å². The fourth-order valence-corrected chi connectivity index (χ4v) is 1.42. The average Bonchev–Trinajstić information content (AvgIpc) is 2.63. The lowest BCUT2D eigenvalue weighted by Gasteiger charge is -2.36. The van der Waals surface area contributed by atoms with Crippen LogP contribution >= 0.6 is 0 Å². The summed E-state index contributed by atoms with van der Waals surface area (Å²) in [6.07, 6.45) is 2.43. The molecule has 0 fully saturated rings. The van der Waals surface area contributed by atoms with Crippen LogP contribution in [0, 0.1) is 5.41 Å². The molecule has 0 aliphatic heterocycles. The third-order valence-corrected chi connectivity index (χ3v) is 3.46. The van der Waals surface area contributed by atoms with Crippen LogP contribution in [0.2, 0.25) is 0 Å². The van der Waals surface area contributed by atoms with Crippen molar-refractivity contribution in [1.29, 1.82) is 0 Å². The van der Waals surface area contributed by atoms with Crippen molar-refractivity contribution in [3.8, 4) is 0 Å². The summed E-state index contributed by atoms with van der Waals surface area (Å²) in [7, 11) is 0. The SMILES string of the molecule is CCCn1nncc1C(=O)C(C)(C)C(C)(C)N. The Morgan fingerprint density at radius 2 is 2.00 bits per heavy atom. The molecule has 5 heteroatoms. The van der Waals surface area contributed by atoms with Crippen LogP contribution in [-0.2, 0) is 6.54 Å². The van der Waals surface area contributed by atoms with Gasteiger partial charge in [0.1, 0.15) is 5.69 Å². The first-order valence-electron chi connectivity index (χ1n) is 5.94. The highest BCUT2D eigenvalue weighted by Crippen LogP contribution is 2.32. The summed E-state index contributed by atoms with van der Waals surface area (Å²) in [5.74, 6) is -0.0107. The highest BCUT2D eigenvalue weighted by Gasteiger charge is 2.42. The number of nitrogens with zero attached hydrogens (tertiary/aromatic N) is 3. The quantitative estimate of drug-likeness (QED) is 0.791. The molecule has 1 heterocycles. The number of carbonyl (C=O) groups is 1. The zero-order valence-electron chi connectivity index (χ0n) is 11.3. The predicted octanol–water partition coefficient (Wildman–Crippen LogP) is 1.63. The molecule has 0 aromatic carbocycles. The first-order valence-corrected chi connectivity index (χ1v) is 5.94. The molecule has 2 N–H and O–H groups in total. The first-order chi connectivity index (χ1) is 7.71. The average molecular weight is 238 g/mol. The molecule has 0 unspecified atom stereocenters. The van der Waals surface area contributed by atoms with E-state index in [4.69, 9.17) is 5.73 Å². The van der Waals surface area contributed by atoms with Crippen molar-refractivity contribution in [2.24, 2.45) is 11.1 Å². The monoisotopic (exact) mass is 238 g/mol. The summed E-state index contributed by atoms with van der Waals surface area (Å²) < 4.78 is 1.65. The molecule has 0 bridgehead atoms. The molecular weight excluding hydrogens is 216 g/mol. The van der Waals surface area contributed by atoms with Crippen molar-refractivity contribution >= 4 is 5.78 Å². The molecule has 0 aliphatic carbocycles. The van der Waals surface area contributed by atoms with Crippen molar-refractivity contribution in [3.05, 3.63) is 11.9 Å². The number of hydrogen-bond acceptors (Lipinski definition) is 4. The Kier molecular flexibility index (Phi) is 3.71. The van der Waals surface area contributed by atoms with E-state index in [9.17, 15) is 4.79 Å². The first kappa shape index (κ1) is 13.8. The Hall–Kier alpha value is -1.23. The van der Waals surface area contributed by atoms with Crippen molar-refractivity contribution in [2.45, 2.75) is 53.1 Å². The Morgan fingerprint density at radius 3 is 2.47 bits per heavy atom. The molecular formula is C12H22N4O. The number of aromatic nitrogens is 3. The van der Waals surface area contributed by atoms with Crippen molar-refractivity contribution in [2.75, 3.05) is 0 Å². The molecule has 0 spiro atoms. The van der Waals surface area contributed by atoms with E-state index >= 15 is 0 Å². The Labute approximate surface area is 102 Å². The van der Waals surface area contributed by atoms with Gasteiger partial charge in [-0.05, 0) is 20.3 Å². The minimum absolute atomic E-state index is 0.0107. The predicted molar refractivity (Wildman–Crippen MR) is 66.7 cm³/mol. The van der Waals surface area contributed by atoms with Gasteiger partial charge in [-0.15, -0.1) is 5.10 Å². The summed E-state index contributed by atoms with van der Waals surface area (Å²) in [6, 6.07) is 0. The molecule has 1 rings (SSSR count). The van der Waals surface area contributed by atoms with E-state index in [0.717, 1.165) is 6.42 Å². The van der Waals surface area contributed by atoms with Crippen LogP contribution in [0.3, 0.4) is 0 Å². The van der Waals surface area contributed by atoms with Gasteiger partial charge in [-0.1, -0.05) is 26.0 Å². The second kappa shape index (κ2) is 4.56. The molecule has 96 valence electrons. The number of aryl methyl sites for hydroxylation is 1. The van der Waals surface area contributed by atoms with Gasteiger partial charge in [-0.25, -0.2) is 4.68 Å². The molecule has 0 atom stereocenters. The van der Waals surface area contributed by atoms with Crippen LogP contribution < -0.4 is 5.73 Å². The minimum Gasteiger partial charge on any atom is -0.325 e. The van der Waals surface area contributed by atoms with Crippen LogP contribution in [-0.4, -0.2) is 26.3 Å². The number of rotatable bonds is 5. The van der Waals surface area contributed by atoms with Crippen LogP contribution in [0.15, 0.2) is 6.20 Å². The summed E-state index contributed by atoms with van der Waals surface area (Å²) in [5, 5.41) is 7.74. The molecule has 0 saturated heterocycles. The van der Waals surface area contributed by atoms with Gasteiger partial charge >= 0.3 is 0 Å². The molecule has 1 aromatic rings. The molecule has 0 radical (unpaired) electrons. The lowest BCUT2D eigenvalue weighted by molar-refractivity contribution is 0.0722. The van der Waals surface area contributed by atoms with Crippen molar-refractivity contribution < 1.29 is 4.79 Å². The molecule has 17 heavy (non-hydrogen) atoms. The van der Waals surface area contributed by atoms with E-state index in [0.29, 0.717) is 12.2 Å². The van der Waals surface area contributed by atoms with E-state index in [2.05, 4.69) is 10.3 Å². The lowest BCUT2D eigenvalue weighted by atomic mass is 9.71. The second-order valence-corrected chi connectivity index (χ2v) is 5.52. The van der Waals surface area contributed by atoms with Crippen molar-refractivity contribution in [3.63, 3.8) is 0 Å². The number of nitrogens with two attached hydrogens (primary N) is 1. The standard InChI is InChI=1S/C12H22N4O/c1-6-7-16-9(8-14-15-16)10(17)11(2,3)12(4,5)13/h8H,6-7,13H2,1-5H3. The Bertz CT molecular complexity index is 401. The largest absolute Gasteiger partial charge is 0.325 e. The van der Waals surface area contributed by atoms with E-state index in [1.807, 2.05) is 34.6 Å². The van der Waals surface area contributed by atoms with E-state index in [-0.39, 0.29) is 5.78 Å². The van der Waals surface area contributed by atoms with Gasteiger partial charge in [-0.2, -0.15) is 0 Å². The van der Waals surface area contributed by atoms with Crippen LogP contribution in [0.4, 0.5) is 0 Å². The summed E-state index contributed by atoms with van der Waals surface area (Å²) >= 11 is 0. The van der Waals surface area contributed by atoms with Gasteiger partial charge in [-0.3, -0.25) is 4.79 Å². The maximum Gasteiger partial charge on any atom is 0.189 e. The highest BCUT2D eigenvalue weighted by molar-refractivity contribution is 5.99. The topological polar surface area (TPSA) is 73.8 Å². The normalized spacial score (nSPS) is 12.8. The number of hydrogen-bond donors (Lipinski definition) is 1. The van der Waals surface area contributed by atoms with Crippen LogP contribution in [0.5, 0.6) is 0 Å². The van der Waals surface area contributed by atoms with E-state index < -0.39 is 11.0 Å². The molecule has 1 aromatic heterocycles. The van der Waals surface area contributed by atoms with Gasteiger partial charge in [0.05, 0.1) is 6.20 Å². The molecule has 5 nitrogen and oxygen atoms in total. The second-order valence-electron chi connectivity index (χ2n) is 5.52. The zero-order valence-corrected chi connectivity index (χ0v) is 11.3. The minimum atomic E-state index is -0.653. The third kappa shape index (κ3) is 2.54. The molecule has 0 aliphatic rings. The lowest BCUT2D eigenvalue weighted by Crippen LogP contribution is -2.52. The zero-order chi connectivity index (χ0) is 13.3. The van der Waals surface area contributed by atoms with Crippen LogP contribution in [0.1, 0.15) is 51.5 Å². The fourth-order valence-electron chi connectivity index (χ4n) is 1.42. The van der Waals surface area contributed by atoms with Crippen molar-refractivity contribution in [1.82, 2.24) is 15.0 Å². The van der Waals surface area contributed by atoms with E-state index in [1.165, 1.54) is 6.20 Å². The maximum absolute atomic E-state index is 12.5. The molecule has 0 amide bonds. The fraction of sp³-hybridized carbons (Fsp3) is 0.750. The van der Waals surface area contributed by atoms with Gasteiger partial charge in [0.15, 0.2) is 5.78 Å². The summed E-state index contributed by atoms with van der Waals surface area (Å²) in [6.45, 7) is 10.2. The van der Waals surface area contributed by atoms with Crippen LogP contribution in [0.25, 0.3) is 0 Å². The number of ketones is 1. The Balaban J connectivity index is 3.08. The van der Waals surface area contributed by atoms with Gasteiger partial charge < -0.3 is 5.73 Å². The highest BCUT2D eigenvalue weighted by atomic mass is 16.1. The third-order valence-electron chi connectivity index (χ3n) is 3.46. The summed E-state index contributed by atoms with van der Waals surface area (Å²) in [5.41, 5.74) is 5.37. The summed E-state index contributed by atoms with van der Waals surface area (Å²) in [4.78, 5) is 12.5. The van der Waals surface area contributed by atoms with Gasteiger partial charge in [0.2, 0.25) is 0 Å².